The molecule has 0 saturated carbocycles. The van der Waals surface area contributed by atoms with Crippen molar-refractivity contribution in [3.05, 3.63) is 35.9 Å². The second-order valence-corrected chi connectivity index (χ2v) is 8.90. The molecule has 0 radical (unpaired) electrons. The van der Waals surface area contributed by atoms with E-state index in [1.165, 1.54) is 18.4 Å². The minimum Gasteiger partial charge on any atom is -0.357 e. The van der Waals surface area contributed by atoms with E-state index in [9.17, 15) is 0 Å². The van der Waals surface area contributed by atoms with Gasteiger partial charge in [0.15, 0.2) is 5.96 Å². The summed E-state index contributed by atoms with van der Waals surface area (Å²) in [6.45, 7) is 17.3. The van der Waals surface area contributed by atoms with Crippen LogP contribution in [0.4, 0.5) is 0 Å². The van der Waals surface area contributed by atoms with E-state index < -0.39 is 0 Å². The number of hydrogen-bond donors (Lipinski definition) is 3. The number of aliphatic imine (C=N–C) groups is 1. The fourth-order valence-corrected chi connectivity index (χ4v) is 3.81. The quantitative estimate of drug-likeness (QED) is 0.472. The molecule has 1 unspecified atom stereocenters. The van der Waals surface area contributed by atoms with Crippen molar-refractivity contribution in [3.63, 3.8) is 0 Å². The molecule has 1 aromatic rings. The molecule has 158 valence electrons. The van der Waals surface area contributed by atoms with Gasteiger partial charge in [-0.05, 0) is 59.9 Å². The zero-order valence-corrected chi connectivity index (χ0v) is 18.8. The van der Waals surface area contributed by atoms with Gasteiger partial charge in [0.05, 0.1) is 6.54 Å². The first kappa shape index (κ1) is 22.7. The Labute approximate surface area is 172 Å². The van der Waals surface area contributed by atoms with E-state index in [0.717, 1.165) is 32.1 Å². The summed E-state index contributed by atoms with van der Waals surface area (Å²) in [5.74, 6) is 0.938. The van der Waals surface area contributed by atoms with Crippen molar-refractivity contribution in [2.45, 2.75) is 78.0 Å². The number of nitrogens with zero attached hydrogens (tertiary/aromatic N) is 2. The van der Waals surface area contributed by atoms with Crippen molar-refractivity contribution < 1.29 is 0 Å². The number of likely N-dealkylation sites (tertiary alicyclic amines) is 1. The van der Waals surface area contributed by atoms with Gasteiger partial charge in [-0.25, -0.2) is 0 Å². The Bertz CT molecular complexity index is 588. The zero-order chi connectivity index (χ0) is 20.6. The van der Waals surface area contributed by atoms with E-state index >= 15 is 0 Å². The lowest BCUT2D eigenvalue weighted by Gasteiger charge is -2.35. The molecular weight excluding hydrogens is 346 g/mol. The fraction of sp³-hybridized carbons (Fsp3) is 0.696. The number of rotatable bonds is 8. The molecule has 3 N–H and O–H groups in total. The minimum absolute atomic E-state index is 0.0847. The van der Waals surface area contributed by atoms with E-state index in [4.69, 9.17) is 4.99 Å². The third-order valence-electron chi connectivity index (χ3n) is 5.48. The van der Waals surface area contributed by atoms with Gasteiger partial charge in [-0.2, -0.15) is 0 Å². The molecule has 28 heavy (non-hydrogen) atoms. The zero-order valence-electron chi connectivity index (χ0n) is 18.8. The molecule has 0 aromatic heterocycles. The van der Waals surface area contributed by atoms with Crippen molar-refractivity contribution in [2.75, 3.05) is 26.2 Å². The fourth-order valence-electron chi connectivity index (χ4n) is 3.81. The number of nitrogens with one attached hydrogen (secondary N) is 3. The lowest BCUT2D eigenvalue weighted by Crippen LogP contribution is -2.50. The SMILES string of the molecule is CCNC(=NCC(C)(C)NC(C)c1ccccc1)NC1CCN(C(C)C)CC1. The predicted molar refractivity (Wildman–Crippen MR) is 121 cm³/mol. The van der Waals surface area contributed by atoms with Gasteiger partial charge in [0.2, 0.25) is 0 Å². The van der Waals surface area contributed by atoms with Gasteiger partial charge in [0.1, 0.15) is 0 Å². The Hall–Kier alpha value is -1.59. The van der Waals surface area contributed by atoms with Gasteiger partial charge in [-0.15, -0.1) is 0 Å². The van der Waals surface area contributed by atoms with Gasteiger partial charge < -0.3 is 20.9 Å². The van der Waals surface area contributed by atoms with Crippen LogP contribution in [0.5, 0.6) is 0 Å². The molecule has 5 heteroatoms. The van der Waals surface area contributed by atoms with Crippen LogP contribution in [0.2, 0.25) is 0 Å². The van der Waals surface area contributed by atoms with Crippen LogP contribution in [0.3, 0.4) is 0 Å². The molecule has 1 fully saturated rings. The smallest absolute Gasteiger partial charge is 0.191 e. The summed E-state index contributed by atoms with van der Waals surface area (Å²) in [6.07, 6.45) is 2.35. The molecule has 0 spiro atoms. The van der Waals surface area contributed by atoms with Crippen LogP contribution >= 0.6 is 0 Å². The highest BCUT2D eigenvalue weighted by molar-refractivity contribution is 5.80. The average Bonchev–Trinajstić information content (AvgIpc) is 2.67. The molecule has 2 rings (SSSR count). The molecule has 1 atom stereocenters. The molecule has 0 aliphatic carbocycles. The van der Waals surface area contributed by atoms with Crippen LogP contribution in [0.25, 0.3) is 0 Å². The van der Waals surface area contributed by atoms with Gasteiger partial charge in [-0.1, -0.05) is 30.3 Å². The third kappa shape index (κ3) is 7.44. The summed E-state index contributed by atoms with van der Waals surface area (Å²) < 4.78 is 0. The molecule has 5 nitrogen and oxygen atoms in total. The summed E-state index contributed by atoms with van der Waals surface area (Å²) in [7, 11) is 0. The molecule has 1 aliphatic rings. The van der Waals surface area contributed by atoms with Gasteiger partial charge in [0, 0.05) is 43.3 Å². The van der Waals surface area contributed by atoms with Crippen molar-refractivity contribution in [1.82, 2.24) is 20.9 Å². The van der Waals surface area contributed by atoms with E-state index in [1.807, 2.05) is 0 Å². The minimum atomic E-state index is -0.0847. The van der Waals surface area contributed by atoms with Crippen molar-refractivity contribution in [1.29, 1.82) is 0 Å². The number of hydrogen-bond acceptors (Lipinski definition) is 3. The first-order valence-corrected chi connectivity index (χ1v) is 10.9. The summed E-state index contributed by atoms with van der Waals surface area (Å²) >= 11 is 0. The Morgan fingerprint density at radius 1 is 1.14 bits per heavy atom. The van der Waals surface area contributed by atoms with Gasteiger partial charge >= 0.3 is 0 Å². The maximum atomic E-state index is 4.90. The third-order valence-corrected chi connectivity index (χ3v) is 5.48. The lowest BCUT2D eigenvalue weighted by atomic mass is 10.0. The first-order valence-electron chi connectivity index (χ1n) is 10.9. The summed E-state index contributed by atoms with van der Waals surface area (Å²) in [5, 5.41) is 10.8. The maximum absolute atomic E-state index is 4.90. The normalized spacial score (nSPS) is 18.3. The molecule has 1 aromatic carbocycles. The number of benzene rings is 1. The highest BCUT2D eigenvalue weighted by Gasteiger charge is 2.23. The van der Waals surface area contributed by atoms with Crippen LogP contribution in [-0.4, -0.2) is 54.7 Å². The Morgan fingerprint density at radius 2 is 1.79 bits per heavy atom. The van der Waals surface area contributed by atoms with Crippen LogP contribution < -0.4 is 16.0 Å². The predicted octanol–water partition coefficient (Wildman–Crippen LogP) is 3.54. The topological polar surface area (TPSA) is 51.7 Å². The molecular formula is C23H41N5. The summed E-state index contributed by atoms with van der Waals surface area (Å²) in [5.41, 5.74) is 1.22. The molecule has 1 saturated heterocycles. The average molecular weight is 388 g/mol. The Morgan fingerprint density at radius 3 is 2.36 bits per heavy atom. The standard InChI is InChI=1S/C23H41N5/c1-7-24-22(26-21-13-15-28(16-14-21)18(2)3)25-17-23(5,6)27-19(4)20-11-9-8-10-12-20/h8-12,18-19,21,27H,7,13-17H2,1-6H3,(H2,24,25,26). The van der Waals surface area contributed by atoms with Gasteiger partial charge in [-0.3, -0.25) is 4.99 Å². The van der Waals surface area contributed by atoms with E-state index in [1.54, 1.807) is 0 Å². The summed E-state index contributed by atoms with van der Waals surface area (Å²) in [6, 6.07) is 12.0. The molecule has 1 aliphatic heterocycles. The van der Waals surface area contributed by atoms with E-state index in [-0.39, 0.29) is 5.54 Å². The first-order chi connectivity index (χ1) is 13.3. The van der Waals surface area contributed by atoms with E-state index in [0.29, 0.717) is 18.1 Å². The summed E-state index contributed by atoms with van der Waals surface area (Å²) in [4.78, 5) is 7.45. The van der Waals surface area contributed by atoms with Gasteiger partial charge in [0.25, 0.3) is 0 Å². The Balaban J connectivity index is 1.90. The van der Waals surface area contributed by atoms with Crippen molar-refractivity contribution >= 4 is 5.96 Å². The second-order valence-electron chi connectivity index (χ2n) is 8.90. The number of piperidine rings is 1. The number of guanidine groups is 1. The monoisotopic (exact) mass is 387 g/mol. The highest BCUT2D eigenvalue weighted by atomic mass is 15.2. The van der Waals surface area contributed by atoms with Crippen LogP contribution in [0.1, 0.15) is 66.0 Å². The molecule has 0 amide bonds. The maximum Gasteiger partial charge on any atom is 0.191 e. The van der Waals surface area contributed by atoms with Crippen LogP contribution in [-0.2, 0) is 0 Å². The lowest BCUT2D eigenvalue weighted by molar-refractivity contribution is 0.167. The largest absolute Gasteiger partial charge is 0.357 e. The van der Waals surface area contributed by atoms with Crippen LogP contribution in [0, 0.1) is 0 Å². The molecule has 0 bridgehead atoms. The van der Waals surface area contributed by atoms with Crippen molar-refractivity contribution in [3.8, 4) is 0 Å². The van der Waals surface area contributed by atoms with E-state index in [2.05, 4.69) is 92.7 Å². The molecule has 1 heterocycles. The highest BCUT2D eigenvalue weighted by Crippen LogP contribution is 2.17. The van der Waals surface area contributed by atoms with Crippen molar-refractivity contribution in [2.24, 2.45) is 4.99 Å². The Kier molecular flexibility index (Phi) is 8.77. The van der Waals surface area contributed by atoms with Crippen LogP contribution in [0.15, 0.2) is 35.3 Å². The second kappa shape index (κ2) is 10.8.